The van der Waals surface area contributed by atoms with E-state index in [4.69, 9.17) is 9.72 Å². The molecule has 1 unspecified atom stereocenters. The van der Waals surface area contributed by atoms with Crippen LogP contribution in [0.15, 0.2) is 12.1 Å². The molecule has 1 aromatic heterocycles. The number of nitrogens with zero attached hydrogens (tertiary/aromatic N) is 2. The van der Waals surface area contributed by atoms with Crippen molar-refractivity contribution >= 4 is 11.8 Å². The Morgan fingerprint density at radius 3 is 2.62 bits per heavy atom. The largest absolute Gasteiger partial charge is 0.379 e. The van der Waals surface area contributed by atoms with Gasteiger partial charge in [0.25, 0.3) is 0 Å². The van der Waals surface area contributed by atoms with Gasteiger partial charge in [0.05, 0.1) is 13.2 Å². The summed E-state index contributed by atoms with van der Waals surface area (Å²) in [6.45, 7) is 12.7. The molecule has 0 bridgehead atoms. The minimum absolute atomic E-state index is 0.129. The summed E-state index contributed by atoms with van der Waals surface area (Å²) < 4.78 is 5.47. The summed E-state index contributed by atoms with van der Waals surface area (Å²) in [5.41, 5.74) is 3.86. The summed E-state index contributed by atoms with van der Waals surface area (Å²) in [7, 11) is 0. The molecule has 0 aromatic carbocycles. The summed E-state index contributed by atoms with van der Waals surface area (Å²) in [6.07, 6.45) is 3.15. The Morgan fingerprint density at radius 1 is 1.33 bits per heavy atom. The molecule has 0 radical (unpaired) electrons. The van der Waals surface area contributed by atoms with Gasteiger partial charge in [-0.2, -0.15) is 11.8 Å². The molecule has 1 aromatic rings. The Hall–Kier alpha value is -0.580. The van der Waals surface area contributed by atoms with Crippen LogP contribution >= 0.6 is 11.8 Å². The molecule has 0 N–H and O–H groups in total. The predicted molar refractivity (Wildman–Crippen MR) is 91.1 cm³/mol. The fraction of sp³-hybridized carbons (Fsp3) is 0.706. The molecule has 0 saturated carbocycles. The molecular weight excluding hydrogens is 280 g/mol. The average molecular weight is 308 g/mol. The number of morpholine rings is 1. The van der Waals surface area contributed by atoms with Gasteiger partial charge in [-0.1, -0.05) is 0 Å². The standard InChI is InChI=1S/C17H28N2OS/c1-13-10-15(14(2)21-5)11-16(18-13)12-17(3,4)19-6-8-20-9-7-19/h10-11,14H,6-9,12H2,1-5H3. The van der Waals surface area contributed by atoms with E-state index < -0.39 is 0 Å². The van der Waals surface area contributed by atoms with E-state index in [1.165, 1.54) is 11.3 Å². The van der Waals surface area contributed by atoms with Gasteiger partial charge in [-0.3, -0.25) is 9.88 Å². The lowest BCUT2D eigenvalue weighted by atomic mass is 9.94. The van der Waals surface area contributed by atoms with E-state index in [0.29, 0.717) is 5.25 Å². The van der Waals surface area contributed by atoms with Gasteiger partial charge in [-0.25, -0.2) is 0 Å². The van der Waals surface area contributed by atoms with Crippen LogP contribution < -0.4 is 0 Å². The summed E-state index contributed by atoms with van der Waals surface area (Å²) in [6, 6.07) is 4.50. The van der Waals surface area contributed by atoms with Crippen molar-refractivity contribution in [1.82, 2.24) is 9.88 Å². The summed E-state index contributed by atoms with van der Waals surface area (Å²) in [5.74, 6) is 0. The second kappa shape index (κ2) is 7.12. The van der Waals surface area contributed by atoms with Crippen molar-refractivity contribution in [3.63, 3.8) is 0 Å². The topological polar surface area (TPSA) is 25.4 Å². The van der Waals surface area contributed by atoms with Gasteiger partial charge in [-0.15, -0.1) is 0 Å². The molecule has 1 saturated heterocycles. The van der Waals surface area contributed by atoms with Crippen LogP contribution in [0.1, 0.15) is 43.0 Å². The molecule has 1 atom stereocenters. The van der Waals surface area contributed by atoms with Gasteiger partial charge in [-0.05, 0) is 51.6 Å². The molecule has 1 aliphatic rings. The van der Waals surface area contributed by atoms with Crippen molar-refractivity contribution in [1.29, 1.82) is 0 Å². The Labute approximate surface area is 133 Å². The van der Waals surface area contributed by atoms with Crippen LogP contribution in [0.2, 0.25) is 0 Å². The highest BCUT2D eigenvalue weighted by Gasteiger charge is 2.29. The van der Waals surface area contributed by atoms with Crippen LogP contribution in [0.3, 0.4) is 0 Å². The summed E-state index contributed by atoms with van der Waals surface area (Å²) in [4.78, 5) is 7.29. The van der Waals surface area contributed by atoms with Gasteiger partial charge in [0.15, 0.2) is 0 Å². The quantitative estimate of drug-likeness (QED) is 0.832. The van der Waals surface area contributed by atoms with Crippen molar-refractivity contribution < 1.29 is 4.74 Å². The third-order valence-corrected chi connectivity index (χ3v) is 5.31. The number of rotatable bonds is 5. The van der Waals surface area contributed by atoms with Gasteiger partial charge in [0.1, 0.15) is 0 Å². The molecule has 1 fully saturated rings. The minimum Gasteiger partial charge on any atom is -0.379 e. The maximum Gasteiger partial charge on any atom is 0.0594 e. The van der Waals surface area contributed by atoms with Crippen LogP contribution in [0.5, 0.6) is 0 Å². The first-order valence-electron chi connectivity index (χ1n) is 7.75. The lowest BCUT2D eigenvalue weighted by Crippen LogP contribution is -2.51. The van der Waals surface area contributed by atoms with Crippen LogP contribution in [-0.2, 0) is 11.2 Å². The number of pyridine rings is 1. The van der Waals surface area contributed by atoms with Crippen LogP contribution in [0.4, 0.5) is 0 Å². The molecule has 2 rings (SSSR count). The van der Waals surface area contributed by atoms with Crippen LogP contribution in [0.25, 0.3) is 0 Å². The SMILES string of the molecule is CSC(C)c1cc(C)nc(CC(C)(C)N2CCOCC2)c1. The van der Waals surface area contributed by atoms with Crippen molar-refractivity contribution in [3.8, 4) is 0 Å². The van der Waals surface area contributed by atoms with Gasteiger partial charge in [0.2, 0.25) is 0 Å². The number of aromatic nitrogens is 1. The summed E-state index contributed by atoms with van der Waals surface area (Å²) in [5, 5.41) is 0.525. The molecule has 0 amide bonds. The van der Waals surface area contributed by atoms with E-state index in [1.807, 2.05) is 11.8 Å². The molecule has 4 heteroatoms. The fourth-order valence-corrected chi connectivity index (χ4v) is 3.36. The van der Waals surface area contributed by atoms with Crippen molar-refractivity contribution in [2.75, 3.05) is 32.6 Å². The zero-order chi connectivity index (χ0) is 15.5. The normalized spacial score (nSPS) is 18.7. The molecule has 118 valence electrons. The maximum absolute atomic E-state index is 5.47. The Bertz CT molecular complexity index is 470. The number of ether oxygens (including phenoxy) is 1. The second-order valence-electron chi connectivity index (χ2n) is 6.50. The molecule has 0 spiro atoms. The molecule has 0 aliphatic carbocycles. The van der Waals surface area contributed by atoms with Crippen LogP contribution in [-0.4, -0.2) is 48.0 Å². The highest BCUT2D eigenvalue weighted by Crippen LogP contribution is 2.28. The highest BCUT2D eigenvalue weighted by molar-refractivity contribution is 7.98. The summed E-state index contributed by atoms with van der Waals surface area (Å²) >= 11 is 1.89. The van der Waals surface area contributed by atoms with E-state index in [9.17, 15) is 0 Å². The first kappa shape index (κ1) is 16.8. The minimum atomic E-state index is 0.129. The molecule has 2 heterocycles. The maximum atomic E-state index is 5.47. The zero-order valence-electron chi connectivity index (χ0n) is 14.0. The average Bonchev–Trinajstić information content (AvgIpc) is 2.46. The number of thioether (sulfide) groups is 1. The van der Waals surface area contributed by atoms with Gasteiger partial charge >= 0.3 is 0 Å². The number of hydrogen-bond acceptors (Lipinski definition) is 4. The van der Waals surface area contributed by atoms with Gasteiger partial charge in [0, 0.05) is 41.7 Å². The number of hydrogen-bond donors (Lipinski definition) is 0. The smallest absolute Gasteiger partial charge is 0.0594 e. The third kappa shape index (κ3) is 4.44. The van der Waals surface area contributed by atoms with Crippen molar-refractivity contribution in [3.05, 3.63) is 29.1 Å². The van der Waals surface area contributed by atoms with Crippen molar-refractivity contribution in [2.24, 2.45) is 0 Å². The first-order valence-corrected chi connectivity index (χ1v) is 9.04. The lowest BCUT2D eigenvalue weighted by molar-refractivity contribution is -0.0101. The third-order valence-electron chi connectivity index (χ3n) is 4.33. The first-order chi connectivity index (χ1) is 9.92. The molecular formula is C17H28N2OS. The van der Waals surface area contributed by atoms with E-state index in [-0.39, 0.29) is 5.54 Å². The van der Waals surface area contributed by atoms with E-state index in [1.54, 1.807) is 0 Å². The highest BCUT2D eigenvalue weighted by atomic mass is 32.2. The molecule has 3 nitrogen and oxygen atoms in total. The van der Waals surface area contributed by atoms with Crippen LogP contribution in [0, 0.1) is 6.92 Å². The Morgan fingerprint density at radius 2 is 2.00 bits per heavy atom. The van der Waals surface area contributed by atoms with Gasteiger partial charge < -0.3 is 4.74 Å². The predicted octanol–water partition coefficient (Wildman–Crippen LogP) is 3.47. The van der Waals surface area contributed by atoms with E-state index in [0.717, 1.165) is 38.4 Å². The number of aryl methyl sites for hydroxylation is 1. The van der Waals surface area contributed by atoms with E-state index >= 15 is 0 Å². The molecule has 1 aliphatic heterocycles. The second-order valence-corrected chi connectivity index (χ2v) is 7.68. The van der Waals surface area contributed by atoms with Crippen molar-refractivity contribution in [2.45, 2.75) is 44.9 Å². The lowest BCUT2D eigenvalue weighted by Gasteiger charge is -2.40. The monoisotopic (exact) mass is 308 g/mol. The fourth-order valence-electron chi connectivity index (χ4n) is 2.95. The van der Waals surface area contributed by atoms with E-state index in [2.05, 4.69) is 51.0 Å². The zero-order valence-corrected chi connectivity index (χ0v) is 14.8. The Kier molecular flexibility index (Phi) is 5.69. The Balaban J connectivity index is 2.15. The molecule has 21 heavy (non-hydrogen) atoms.